The fourth-order valence-electron chi connectivity index (χ4n) is 4.01. The summed E-state index contributed by atoms with van der Waals surface area (Å²) in [7, 11) is 0. The van der Waals surface area contributed by atoms with Gasteiger partial charge in [-0.3, -0.25) is 9.59 Å². The molecular weight excluding hydrogens is 416 g/mol. The minimum atomic E-state index is -1.54. The molecule has 0 saturated carbocycles. The van der Waals surface area contributed by atoms with Gasteiger partial charge in [0.05, 0.1) is 25.4 Å². The molecule has 2 rings (SSSR count). The minimum absolute atomic E-state index is 0.115. The van der Waals surface area contributed by atoms with Gasteiger partial charge in [0.15, 0.2) is 6.29 Å². The fraction of sp³-hybridized carbons (Fsp3) is 0.895. The van der Waals surface area contributed by atoms with E-state index in [1.54, 1.807) is 0 Å². The maximum absolute atomic E-state index is 11.7. The van der Waals surface area contributed by atoms with Crippen molar-refractivity contribution in [1.29, 1.82) is 0 Å². The van der Waals surface area contributed by atoms with E-state index in [1.165, 1.54) is 13.8 Å². The van der Waals surface area contributed by atoms with Crippen LogP contribution in [-0.2, 0) is 23.8 Å². The van der Waals surface area contributed by atoms with Gasteiger partial charge in [0, 0.05) is 13.8 Å². The topological polar surface area (TPSA) is 187 Å². The summed E-state index contributed by atoms with van der Waals surface area (Å²) in [6.07, 6.45) is -9.83. The third-order valence-corrected chi connectivity index (χ3v) is 5.51. The van der Waals surface area contributed by atoms with E-state index >= 15 is 0 Å². The normalized spacial score (nSPS) is 41.1. The van der Waals surface area contributed by atoms with Gasteiger partial charge < -0.3 is 50.4 Å². The largest absolute Gasteiger partial charge is 0.394 e. The molecule has 4 unspecified atom stereocenters. The molecule has 10 atom stereocenters. The number of carbonyl (C=O) groups is 2. The van der Waals surface area contributed by atoms with Gasteiger partial charge >= 0.3 is 0 Å². The molecular formula is C19H34N2O10. The number of carbonyl (C=O) groups excluding carboxylic acids is 2. The molecule has 0 aliphatic carbocycles. The van der Waals surface area contributed by atoms with Crippen molar-refractivity contribution < 1.29 is 49.3 Å². The van der Waals surface area contributed by atoms with E-state index in [9.17, 15) is 35.1 Å². The highest BCUT2D eigenvalue weighted by Gasteiger charge is 2.51. The predicted octanol–water partition coefficient (Wildman–Crippen LogP) is -3.40. The van der Waals surface area contributed by atoms with Gasteiger partial charge in [0.25, 0.3) is 0 Å². The first-order valence-electron chi connectivity index (χ1n) is 10.3. The van der Waals surface area contributed by atoms with Crippen LogP contribution in [0, 0.1) is 5.92 Å². The van der Waals surface area contributed by atoms with Gasteiger partial charge in [-0.05, 0) is 5.92 Å². The number of hydrogen-bond acceptors (Lipinski definition) is 10. The molecule has 2 aliphatic rings. The highest BCUT2D eigenvalue weighted by atomic mass is 16.7. The summed E-state index contributed by atoms with van der Waals surface area (Å²) in [5.41, 5.74) is 0. The van der Waals surface area contributed by atoms with Gasteiger partial charge in [-0.25, -0.2) is 0 Å². The number of rotatable bonds is 7. The molecule has 2 aliphatic heterocycles. The quantitative estimate of drug-likeness (QED) is 0.206. The van der Waals surface area contributed by atoms with Crippen LogP contribution in [0.3, 0.4) is 0 Å². The molecule has 0 bridgehead atoms. The lowest BCUT2D eigenvalue weighted by atomic mass is 9.87. The molecule has 2 fully saturated rings. The van der Waals surface area contributed by atoms with Gasteiger partial charge in [-0.15, -0.1) is 0 Å². The lowest BCUT2D eigenvalue weighted by molar-refractivity contribution is -0.316. The second kappa shape index (κ2) is 11.0. The first-order valence-corrected chi connectivity index (χ1v) is 10.3. The van der Waals surface area contributed by atoms with Crippen molar-refractivity contribution >= 4 is 11.8 Å². The molecule has 180 valence electrons. The number of nitrogens with one attached hydrogen (secondary N) is 2. The molecule has 12 heteroatoms. The van der Waals surface area contributed by atoms with Crippen molar-refractivity contribution in [2.75, 3.05) is 13.2 Å². The average molecular weight is 450 g/mol. The second-order valence-electron chi connectivity index (χ2n) is 8.32. The Morgan fingerprint density at radius 3 is 1.90 bits per heavy atom. The van der Waals surface area contributed by atoms with E-state index in [2.05, 4.69) is 10.6 Å². The zero-order valence-corrected chi connectivity index (χ0v) is 18.0. The molecule has 0 aromatic heterocycles. The molecule has 2 amide bonds. The second-order valence-corrected chi connectivity index (χ2v) is 8.32. The van der Waals surface area contributed by atoms with Crippen LogP contribution in [-0.4, -0.2) is 112 Å². The van der Waals surface area contributed by atoms with Crippen molar-refractivity contribution in [3.05, 3.63) is 0 Å². The first kappa shape index (κ1) is 25.9. The van der Waals surface area contributed by atoms with Gasteiger partial charge in [-0.2, -0.15) is 0 Å². The number of aliphatic hydroxyl groups excluding tert-OH is 5. The third kappa shape index (κ3) is 5.90. The summed E-state index contributed by atoms with van der Waals surface area (Å²) < 4.78 is 17.3. The Kier molecular flexibility index (Phi) is 9.15. The van der Waals surface area contributed by atoms with E-state index in [4.69, 9.17) is 14.2 Å². The molecule has 12 nitrogen and oxygen atoms in total. The standard InChI is InChI=1S/C19H34N2O10/c1-7(2)17-12(20-8(3)24)16(28)18(11(6-23)29-17)31-19-13(21-9(4)25)15(27)14(26)10(5-22)30-19/h7,10-19,22-23,26-28H,5-6H2,1-4H3,(H,20,24)(H,21,25)/t10?,11?,12?,13?,14-,15-,16-,17+,18-,19+/m1/s1. The summed E-state index contributed by atoms with van der Waals surface area (Å²) >= 11 is 0. The minimum Gasteiger partial charge on any atom is -0.394 e. The number of amides is 2. The highest BCUT2D eigenvalue weighted by molar-refractivity contribution is 5.73. The molecule has 0 radical (unpaired) electrons. The Hall–Kier alpha value is -1.38. The Bertz CT molecular complexity index is 620. The van der Waals surface area contributed by atoms with E-state index in [-0.39, 0.29) is 5.92 Å². The van der Waals surface area contributed by atoms with Crippen LogP contribution in [0.15, 0.2) is 0 Å². The predicted molar refractivity (Wildman–Crippen MR) is 104 cm³/mol. The van der Waals surface area contributed by atoms with E-state index in [1.807, 2.05) is 13.8 Å². The maximum Gasteiger partial charge on any atom is 0.217 e. The first-order chi connectivity index (χ1) is 14.5. The Labute approximate surface area is 180 Å². The summed E-state index contributed by atoms with van der Waals surface area (Å²) in [5.74, 6) is -1.05. The van der Waals surface area contributed by atoms with Crippen molar-refractivity contribution in [1.82, 2.24) is 10.6 Å². The Balaban J connectivity index is 2.31. The highest BCUT2D eigenvalue weighted by Crippen LogP contribution is 2.31. The molecule has 0 aromatic carbocycles. The molecule has 2 saturated heterocycles. The molecule has 7 N–H and O–H groups in total. The third-order valence-electron chi connectivity index (χ3n) is 5.51. The van der Waals surface area contributed by atoms with E-state index in [0.717, 1.165) is 0 Å². The van der Waals surface area contributed by atoms with Crippen LogP contribution in [0.2, 0.25) is 0 Å². The smallest absolute Gasteiger partial charge is 0.217 e. The van der Waals surface area contributed by atoms with Gasteiger partial charge in [0.2, 0.25) is 11.8 Å². The van der Waals surface area contributed by atoms with Crippen molar-refractivity contribution in [3.8, 4) is 0 Å². The monoisotopic (exact) mass is 450 g/mol. The zero-order valence-electron chi connectivity index (χ0n) is 18.0. The lowest BCUT2D eigenvalue weighted by Gasteiger charge is -2.49. The van der Waals surface area contributed by atoms with E-state index < -0.39 is 86.1 Å². The van der Waals surface area contributed by atoms with Crippen LogP contribution >= 0.6 is 0 Å². The van der Waals surface area contributed by atoms with Crippen molar-refractivity contribution in [2.45, 2.75) is 88.8 Å². The fourth-order valence-corrected chi connectivity index (χ4v) is 4.01. The number of aliphatic hydroxyl groups is 5. The Morgan fingerprint density at radius 1 is 0.871 bits per heavy atom. The summed E-state index contributed by atoms with van der Waals surface area (Å²) in [5, 5.41) is 55.9. The molecule has 0 spiro atoms. The van der Waals surface area contributed by atoms with Crippen molar-refractivity contribution in [3.63, 3.8) is 0 Å². The van der Waals surface area contributed by atoms with Crippen molar-refractivity contribution in [2.24, 2.45) is 5.92 Å². The lowest BCUT2D eigenvalue weighted by Crippen LogP contribution is -2.69. The summed E-state index contributed by atoms with van der Waals surface area (Å²) in [4.78, 5) is 23.3. The summed E-state index contributed by atoms with van der Waals surface area (Å²) in [6.45, 7) is 5.00. The van der Waals surface area contributed by atoms with Gasteiger partial charge in [0.1, 0.15) is 42.7 Å². The van der Waals surface area contributed by atoms with Crippen LogP contribution in [0.1, 0.15) is 27.7 Å². The average Bonchev–Trinajstić information content (AvgIpc) is 2.69. The molecule has 2 heterocycles. The maximum atomic E-state index is 11.7. The Morgan fingerprint density at radius 2 is 1.42 bits per heavy atom. The SMILES string of the molecule is CC(=O)NC1[C@H](O[C@@H]2C(CO)O[C@@H](C(C)C)C(NC(C)=O)[C@H]2O)OC(CO)[C@@H](O)[C@@H]1O. The molecule has 31 heavy (non-hydrogen) atoms. The van der Waals surface area contributed by atoms with Crippen LogP contribution < -0.4 is 10.6 Å². The van der Waals surface area contributed by atoms with E-state index in [0.29, 0.717) is 0 Å². The number of hydrogen-bond donors (Lipinski definition) is 7. The molecule has 0 aromatic rings. The van der Waals surface area contributed by atoms with Crippen LogP contribution in [0.25, 0.3) is 0 Å². The summed E-state index contributed by atoms with van der Waals surface area (Å²) in [6, 6.07) is -2.10. The number of ether oxygens (including phenoxy) is 3. The van der Waals surface area contributed by atoms with Gasteiger partial charge in [-0.1, -0.05) is 13.8 Å². The van der Waals surface area contributed by atoms with Crippen LogP contribution in [0.4, 0.5) is 0 Å². The van der Waals surface area contributed by atoms with Crippen LogP contribution in [0.5, 0.6) is 0 Å². The zero-order chi connectivity index (χ0) is 23.5.